The van der Waals surface area contributed by atoms with Gasteiger partial charge in [-0.05, 0) is 70.0 Å². The molecule has 0 aliphatic carbocycles. The molecule has 0 spiro atoms. The van der Waals surface area contributed by atoms with E-state index >= 15 is 4.39 Å². The zero-order chi connectivity index (χ0) is 26.6. The Morgan fingerprint density at radius 2 is 1.42 bits per heavy atom. The maximum Gasteiger partial charge on any atom is 0.216 e. The van der Waals surface area contributed by atoms with Crippen molar-refractivity contribution < 1.29 is 13.4 Å². The number of rotatable bonds is 3. The molecule has 0 unspecified atom stereocenters. The third-order valence-corrected chi connectivity index (χ3v) is 7.48. The van der Waals surface area contributed by atoms with Gasteiger partial charge in [0.1, 0.15) is 18.4 Å². The molecule has 188 valence electrons. The van der Waals surface area contributed by atoms with E-state index in [1.54, 1.807) is 6.07 Å². The van der Waals surface area contributed by atoms with Crippen molar-refractivity contribution in [2.45, 2.75) is 33.1 Å². The molecule has 0 fully saturated rings. The summed E-state index contributed by atoms with van der Waals surface area (Å²) < 4.78 is 23.7. The molecule has 0 saturated carbocycles. The molecule has 0 aliphatic rings. The third-order valence-electron chi connectivity index (χ3n) is 7.48. The van der Waals surface area contributed by atoms with E-state index in [0.29, 0.717) is 16.6 Å². The normalized spacial score (nSPS) is 11.9. The minimum Gasteiger partial charge on any atom is -0.455 e. The zero-order valence-corrected chi connectivity index (χ0v) is 22.5. The number of aromatic nitrogens is 1. The molecule has 6 rings (SSSR count). The molecule has 2 heterocycles. The lowest BCUT2D eigenvalue weighted by Gasteiger charge is -2.19. The highest BCUT2D eigenvalue weighted by Gasteiger charge is 2.23. The van der Waals surface area contributed by atoms with Gasteiger partial charge in [-0.1, -0.05) is 75.4 Å². The maximum atomic E-state index is 15.3. The lowest BCUT2D eigenvalue weighted by molar-refractivity contribution is -0.660. The number of nitrogens with zero attached hydrogens (tertiary/aromatic N) is 1. The molecule has 3 heteroatoms. The minimum atomic E-state index is -0.256. The highest BCUT2D eigenvalue weighted by molar-refractivity contribution is 6.10. The number of fused-ring (bicyclic) bond motifs is 3. The van der Waals surface area contributed by atoms with E-state index in [1.165, 1.54) is 16.7 Å². The van der Waals surface area contributed by atoms with Crippen molar-refractivity contribution in [1.29, 1.82) is 0 Å². The summed E-state index contributed by atoms with van der Waals surface area (Å²) in [6.45, 7) is 8.64. The number of halogens is 1. The standard InChI is InChI=1S/C35H31FNO/c1-22-19-29(36)33-28-17-16-26(21-31(28)38-34(33)32(22)30-11-6-7-18-37(30)5)24-14-12-23(13-15-24)25-9-8-10-27(20-25)35(2,3)4/h6-21H,1-5H3/q+1. The summed E-state index contributed by atoms with van der Waals surface area (Å²) in [5.74, 6) is -0.256. The Kier molecular flexibility index (Phi) is 5.68. The van der Waals surface area contributed by atoms with E-state index in [9.17, 15) is 0 Å². The lowest BCUT2D eigenvalue weighted by atomic mass is 9.85. The second-order valence-corrected chi connectivity index (χ2v) is 11.2. The number of furan rings is 1. The van der Waals surface area contributed by atoms with Crippen molar-refractivity contribution in [3.8, 4) is 33.5 Å². The lowest BCUT2D eigenvalue weighted by Crippen LogP contribution is -2.30. The summed E-state index contributed by atoms with van der Waals surface area (Å²) in [6, 6.07) is 31.0. The van der Waals surface area contributed by atoms with E-state index < -0.39 is 0 Å². The first-order valence-corrected chi connectivity index (χ1v) is 13.0. The molecule has 6 aromatic rings. The van der Waals surface area contributed by atoms with Crippen LogP contribution in [-0.2, 0) is 12.5 Å². The Hall–Kier alpha value is -4.24. The fourth-order valence-electron chi connectivity index (χ4n) is 5.32. The second-order valence-electron chi connectivity index (χ2n) is 11.2. The summed E-state index contributed by atoms with van der Waals surface area (Å²) in [4.78, 5) is 0. The number of aryl methyl sites for hydroxylation is 2. The van der Waals surface area contributed by atoms with Crippen molar-refractivity contribution >= 4 is 21.9 Å². The molecule has 0 amide bonds. The molecular weight excluding hydrogens is 469 g/mol. The molecule has 0 radical (unpaired) electrons. The van der Waals surface area contributed by atoms with Crippen molar-refractivity contribution in [3.05, 3.63) is 114 Å². The van der Waals surface area contributed by atoms with Gasteiger partial charge in [0.15, 0.2) is 11.8 Å². The number of benzene rings is 4. The van der Waals surface area contributed by atoms with Gasteiger partial charge in [-0.3, -0.25) is 0 Å². The van der Waals surface area contributed by atoms with Crippen LogP contribution in [0.25, 0.3) is 55.4 Å². The van der Waals surface area contributed by atoms with Crippen LogP contribution in [0.2, 0.25) is 0 Å². The Bertz CT molecular complexity index is 1820. The van der Waals surface area contributed by atoms with Gasteiger partial charge >= 0.3 is 0 Å². The van der Waals surface area contributed by atoms with Crippen LogP contribution in [0.4, 0.5) is 4.39 Å². The van der Waals surface area contributed by atoms with Gasteiger partial charge in [0, 0.05) is 17.5 Å². The molecule has 0 saturated heterocycles. The second kappa shape index (κ2) is 8.95. The fourth-order valence-corrected chi connectivity index (χ4v) is 5.32. The molecule has 0 aliphatic heterocycles. The summed E-state index contributed by atoms with van der Waals surface area (Å²) >= 11 is 0. The van der Waals surface area contributed by atoms with Gasteiger partial charge in [0.05, 0.1) is 10.9 Å². The van der Waals surface area contributed by atoms with Gasteiger partial charge < -0.3 is 4.42 Å². The smallest absolute Gasteiger partial charge is 0.216 e. The predicted octanol–water partition coefficient (Wildman–Crippen LogP) is 9.16. The number of hydrogen-bond acceptors (Lipinski definition) is 1. The van der Waals surface area contributed by atoms with Crippen molar-refractivity contribution in [1.82, 2.24) is 0 Å². The van der Waals surface area contributed by atoms with E-state index in [4.69, 9.17) is 4.42 Å². The predicted molar refractivity (Wildman–Crippen MR) is 155 cm³/mol. The summed E-state index contributed by atoms with van der Waals surface area (Å²) in [7, 11) is 1.99. The van der Waals surface area contributed by atoms with Crippen molar-refractivity contribution in [2.75, 3.05) is 0 Å². The van der Waals surface area contributed by atoms with Gasteiger partial charge in [-0.2, -0.15) is 0 Å². The zero-order valence-electron chi connectivity index (χ0n) is 22.5. The largest absolute Gasteiger partial charge is 0.455 e. The van der Waals surface area contributed by atoms with Crippen LogP contribution in [0.5, 0.6) is 0 Å². The summed E-state index contributed by atoms with van der Waals surface area (Å²) in [5, 5.41) is 1.32. The summed E-state index contributed by atoms with van der Waals surface area (Å²) in [6.07, 6.45) is 1.99. The minimum absolute atomic E-state index is 0.105. The number of hydrogen-bond donors (Lipinski definition) is 0. The average molecular weight is 501 g/mol. The molecule has 0 atom stereocenters. The van der Waals surface area contributed by atoms with Crippen LogP contribution in [0.15, 0.2) is 102 Å². The van der Waals surface area contributed by atoms with E-state index in [-0.39, 0.29) is 11.2 Å². The Morgan fingerprint density at radius 1 is 0.737 bits per heavy atom. The van der Waals surface area contributed by atoms with Crippen LogP contribution in [0.3, 0.4) is 0 Å². The molecule has 0 bridgehead atoms. The maximum absolute atomic E-state index is 15.3. The highest BCUT2D eigenvalue weighted by atomic mass is 19.1. The van der Waals surface area contributed by atoms with E-state index in [0.717, 1.165) is 33.3 Å². The van der Waals surface area contributed by atoms with E-state index in [1.807, 2.05) is 61.1 Å². The molecule has 2 aromatic heterocycles. The average Bonchev–Trinajstić information content (AvgIpc) is 3.28. The SMILES string of the molecule is Cc1cc(F)c2c(oc3cc(-c4ccc(-c5cccc(C(C)(C)C)c5)cc4)ccc32)c1-c1cccc[n+]1C. The van der Waals surface area contributed by atoms with Crippen molar-refractivity contribution in [2.24, 2.45) is 7.05 Å². The molecule has 4 aromatic carbocycles. The van der Waals surface area contributed by atoms with Gasteiger partial charge in [-0.15, -0.1) is 0 Å². The first kappa shape index (κ1) is 24.1. The van der Waals surface area contributed by atoms with Gasteiger partial charge in [0.2, 0.25) is 5.69 Å². The van der Waals surface area contributed by atoms with Crippen LogP contribution < -0.4 is 4.57 Å². The Morgan fingerprint density at radius 3 is 2.11 bits per heavy atom. The van der Waals surface area contributed by atoms with Crippen LogP contribution in [0, 0.1) is 12.7 Å². The highest BCUT2D eigenvalue weighted by Crippen LogP contribution is 2.40. The molecule has 0 N–H and O–H groups in total. The van der Waals surface area contributed by atoms with Crippen LogP contribution >= 0.6 is 0 Å². The summed E-state index contributed by atoms with van der Waals surface area (Å²) in [5.41, 5.74) is 9.98. The van der Waals surface area contributed by atoms with Crippen LogP contribution in [0.1, 0.15) is 31.9 Å². The number of pyridine rings is 1. The third kappa shape index (κ3) is 4.09. The van der Waals surface area contributed by atoms with Gasteiger partial charge in [0.25, 0.3) is 0 Å². The molecule has 38 heavy (non-hydrogen) atoms. The monoisotopic (exact) mass is 500 g/mol. The van der Waals surface area contributed by atoms with Crippen molar-refractivity contribution in [3.63, 3.8) is 0 Å². The Labute approximate surface area is 223 Å². The fraction of sp³-hybridized carbons (Fsp3) is 0.171. The molecular formula is C35H31FNO+. The van der Waals surface area contributed by atoms with Gasteiger partial charge in [-0.25, -0.2) is 8.96 Å². The molecule has 2 nitrogen and oxygen atoms in total. The topological polar surface area (TPSA) is 17.0 Å². The van der Waals surface area contributed by atoms with E-state index in [2.05, 4.69) is 69.3 Å². The first-order valence-electron chi connectivity index (χ1n) is 13.0. The van der Waals surface area contributed by atoms with Crippen LogP contribution in [-0.4, -0.2) is 0 Å². The Balaban J connectivity index is 1.43. The quantitative estimate of drug-likeness (QED) is 0.221. The first-order chi connectivity index (χ1) is 18.2.